The Morgan fingerprint density at radius 1 is 1.00 bits per heavy atom. The van der Waals surface area contributed by atoms with E-state index in [1.54, 1.807) is 6.08 Å². The molecule has 1 saturated heterocycles. The molecule has 3 aliphatic rings. The molecule has 6 heteroatoms. The minimum absolute atomic E-state index is 0.171. The first-order valence-corrected chi connectivity index (χ1v) is 7.57. The van der Waals surface area contributed by atoms with E-state index in [1.165, 1.54) is 17.1 Å². The SMILES string of the molecule is C#CCCCN1C(=O)C2C=C(CCN3C(=O)C=CC3=O)C2C1=O. The summed E-state index contributed by atoms with van der Waals surface area (Å²) in [5, 5.41) is 0. The third kappa shape index (κ3) is 2.48. The van der Waals surface area contributed by atoms with Crippen molar-refractivity contribution in [3.63, 3.8) is 0 Å². The summed E-state index contributed by atoms with van der Waals surface area (Å²) in [4.78, 5) is 49.9. The minimum Gasteiger partial charge on any atom is -0.282 e. The molecule has 0 aromatic heterocycles. The second kappa shape index (κ2) is 5.84. The lowest BCUT2D eigenvalue weighted by Gasteiger charge is -2.27. The summed E-state index contributed by atoms with van der Waals surface area (Å²) in [7, 11) is 0. The fourth-order valence-electron chi connectivity index (χ4n) is 3.22. The quantitative estimate of drug-likeness (QED) is 0.305. The highest BCUT2D eigenvalue weighted by Crippen LogP contribution is 2.43. The summed E-state index contributed by atoms with van der Waals surface area (Å²) in [5.74, 6) is 0.653. The van der Waals surface area contributed by atoms with E-state index >= 15 is 0 Å². The molecular weight excluding hydrogens is 296 g/mol. The van der Waals surface area contributed by atoms with Crippen LogP contribution >= 0.6 is 0 Å². The first-order valence-electron chi connectivity index (χ1n) is 7.57. The number of likely N-dealkylation sites (tertiary alicyclic amines) is 1. The maximum Gasteiger partial charge on any atom is 0.253 e. The number of terminal acetylenes is 1. The molecule has 6 nitrogen and oxygen atoms in total. The second-order valence-corrected chi connectivity index (χ2v) is 5.79. The predicted molar refractivity (Wildman–Crippen MR) is 80.3 cm³/mol. The van der Waals surface area contributed by atoms with Crippen molar-refractivity contribution < 1.29 is 19.2 Å². The van der Waals surface area contributed by atoms with Crippen LogP contribution in [0.15, 0.2) is 23.8 Å². The molecule has 0 spiro atoms. The Balaban J connectivity index is 1.58. The molecule has 23 heavy (non-hydrogen) atoms. The van der Waals surface area contributed by atoms with Crippen molar-refractivity contribution in [1.82, 2.24) is 9.80 Å². The summed E-state index contributed by atoms with van der Waals surface area (Å²) in [6.45, 7) is 0.585. The van der Waals surface area contributed by atoms with E-state index in [1.807, 2.05) is 0 Å². The maximum atomic E-state index is 12.4. The predicted octanol–water partition coefficient (Wildman–Crippen LogP) is 0.256. The zero-order chi connectivity index (χ0) is 16.6. The highest BCUT2D eigenvalue weighted by molar-refractivity contribution is 6.13. The molecule has 0 aromatic carbocycles. The largest absolute Gasteiger partial charge is 0.282 e. The lowest BCUT2D eigenvalue weighted by Crippen LogP contribution is -2.34. The van der Waals surface area contributed by atoms with Crippen LogP contribution in [0.5, 0.6) is 0 Å². The van der Waals surface area contributed by atoms with E-state index < -0.39 is 5.92 Å². The molecule has 3 rings (SSSR count). The molecule has 0 radical (unpaired) electrons. The van der Waals surface area contributed by atoms with Gasteiger partial charge < -0.3 is 0 Å². The van der Waals surface area contributed by atoms with Crippen LogP contribution < -0.4 is 0 Å². The zero-order valence-electron chi connectivity index (χ0n) is 12.5. The van der Waals surface area contributed by atoms with Crippen LogP contribution in [0, 0.1) is 24.2 Å². The Labute approximate surface area is 133 Å². The van der Waals surface area contributed by atoms with Gasteiger partial charge >= 0.3 is 0 Å². The van der Waals surface area contributed by atoms with Gasteiger partial charge in [-0.2, -0.15) is 0 Å². The van der Waals surface area contributed by atoms with Crippen molar-refractivity contribution in [3.05, 3.63) is 23.8 Å². The number of fused-ring (bicyclic) bond motifs is 1. The lowest BCUT2D eigenvalue weighted by atomic mass is 9.75. The van der Waals surface area contributed by atoms with E-state index in [4.69, 9.17) is 6.42 Å². The van der Waals surface area contributed by atoms with E-state index in [9.17, 15) is 19.2 Å². The Morgan fingerprint density at radius 2 is 1.70 bits per heavy atom. The Bertz CT molecular complexity index is 680. The molecule has 0 saturated carbocycles. The number of rotatable bonds is 6. The topological polar surface area (TPSA) is 74.8 Å². The fraction of sp³-hybridized carbons (Fsp3) is 0.412. The average Bonchev–Trinajstić information content (AvgIpc) is 2.89. The summed E-state index contributed by atoms with van der Waals surface area (Å²) in [6, 6.07) is 0. The average molecular weight is 312 g/mol. The molecule has 118 valence electrons. The number of imide groups is 2. The van der Waals surface area contributed by atoms with Gasteiger partial charge in [0.25, 0.3) is 11.8 Å². The molecule has 4 amide bonds. The molecule has 0 N–H and O–H groups in total. The van der Waals surface area contributed by atoms with Gasteiger partial charge in [0.2, 0.25) is 11.8 Å². The van der Waals surface area contributed by atoms with Crippen LogP contribution in [0.3, 0.4) is 0 Å². The van der Waals surface area contributed by atoms with Gasteiger partial charge in [0.05, 0.1) is 11.8 Å². The van der Waals surface area contributed by atoms with Crippen molar-refractivity contribution in [1.29, 1.82) is 0 Å². The summed E-state index contributed by atoms with van der Waals surface area (Å²) < 4.78 is 0. The Kier molecular flexibility index (Phi) is 3.87. The van der Waals surface area contributed by atoms with Crippen LogP contribution in [0.25, 0.3) is 0 Å². The fourth-order valence-corrected chi connectivity index (χ4v) is 3.22. The number of hydrogen-bond acceptors (Lipinski definition) is 4. The smallest absolute Gasteiger partial charge is 0.253 e. The first-order chi connectivity index (χ1) is 11.0. The summed E-state index contributed by atoms with van der Waals surface area (Å²) in [5.41, 5.74) is 0.834. The van der Waals surface area contributed by atoms with Gasteiger partial charge in [0.1, 0.15) is 0 Å². The van der Waals surface area contributed by atoms with Crippen LogP contribution in [0.4, 0.5) is 0 Å². The van der Waals surface area contributed by atoms with E-state index in [2.05, 4.69) is 5.92 Å². The molecule has 2 aliphatic heterocycles. The van der Waals surface area contributed by atoms with Gasteiger partial charge in [-0.1, -0.05) is 11.6 Å². The van der Waals surface area contributed by atoms with Crippen LogP contribution in [-0.4, -0.2) is 46.5 Å². The third-order valence-electron chi connectivity index (χ3n) is 4.46. The zero-order valence-corrected chi connectivity index (χ0v) is 12.5. The number of carbonyl (C=O) groups is 4. The van der Waals surface area contributed by atoms with Crippen molar-refractivity contribution in [2.24, 2.45) is 11.8 Å². The Hall–Kier alpha value is -2.68. The van der Waals surface area contributed by atoms with Crippen LogP contribution in [0.2, 0.25) is 0 Å². The van der Waals surface area contributed by atoms with E-state index in [-0.39, 0.29) is 36.1 Å². The van der Waals surface area contributed by atoms with Crippen LogP contribution in [-0.2, 0) is 19.2 Å². The number of hydrogen-bond donors (Lipinski definition) is 0. The number of nitrogens with zero attached hydrogens (tertiary/aromatic N) is 2. The first kappa shape index (κ1) is 15.2. The summed E-state index contributed by atoms with van der Waals surface area (Å²) >= 11 is 0. The summed E-state index contributed by atoms with van der Waals surface area (Å²) in [6.07, 6.45) is 11.0. The molecular formula is C17H16N2O4. The van der Waals surface area contributed by atoms with Crippen molar-refractivity contribution in [3.8, 4) is 12.3 Å². The molecule has 2 heterocycles. The van der Waals surface area contributed by atoms with Crippen molar-refractivity contribution >= 4 is 23.6 Å². The third-order valence-corrected chi connectivity index (χ3v) is 4.46. The van der Waals surface area contributed by atoms with Crippen LogP contribution in [0.1, 0.15) is 19.3 Å². The normalized spacial score (nSPS) is 25.6. The molecule has 2 atom stereocenters. The van der Waals surface area contributed by atoms with E-state index in [0.717, 1.165) is 10.5 Å². The van der Waals surface area contributed by atoms with Crippen molar-refractivity contribution in [2.75, 3.05) is 13.1 Å². The van der Waals surface area contributed by atoms with Gasteiger partial charge in [0.15, 0.2) is 0 Å². The number of unbranched alkanes of at least 4 members (excludes halogenated alkanes) is 1. The molecule has 1 fully saturated rings. The molecule has 0 aromatic rings. The van der Waals surface area contributed by atoms with Crippen molar-refractivity contribution in [2.45, 2.75) is 19.3 Å². The molecule has 2 unspecified atom stereocenters. The molecule has 0 bridgehead atoms. The van der Waals surface area contributed by atoms with Gasteiger partial charge in [-0.3, -0.25) is 29.0 Å². The minimum atomic E-state index is -0.422. The monoisotopic (exact) mass is 312 g/mol. The highest BCUT2D eigenvalue weighted by atomic mass is 16.2. The maximum absolute atomic E-state index is 12.4. The van der Waals surface area contributed by atoms with Gasteiger partial charge in [-0.15, -0.1) is 12.3 Å². The number of carbonyl (C=O) groups excluding carboxylic acids is 4. The van der Waals surface area contributed by atoms with Gasteiger partial charge in [-0.25, -0.2) is 0 Å². The molecule has 1 aliphatic carbocycles. The second-order valence-electron chi connectivity index (χ2n) is 5.79. The lowest BCUT2D eigenvalue weighted by molar-refractivity contribution is -0.139. The number of amides is 4. The standard InChI is InChI=1S/C17H16N2O4/c1-2-3-4-8-19-16(22)12-10-11(15(12)17(19)23)7-9-18-13(20)5-6-14(18)21/h1,5-6,10,12,15H,3-4,7-9H2. The van der Waals surface area contributed by atoms with Gasteiger partial charge in [-0.05, 0) is 12.8 Å². The Morgan fingerprint density at radius 3 is 2.35 bits per heavy atom. The highest BCUT2D eigenvalue weighted by Gasteiger charge is 2.52. The van der Waals surface area contributed by atoms with E-state index in [0.29, 0.717) is 25.8 Å². The van der Waals surface area contributed by atoms with Gasteiger partial charge in [0, 0.05) is 31.7 Å².